The van der Waals surface area contributed by atoms with Gasteiger partial charge in [-0.05, 0) is 95.8 Å². The zero-order chi connectivity index (χ0) is 23.7. The third-order valence-corrected chi connectivity index (χ3v) is 5.50. The van der Waals surface area contributed by atoms with Crippen LogP contribution in [-0.2, 0) is 21.4 Å². The Morgan fingerprint density at radius 3 is 2.28 bits per heavy atom. The number of benzene rings is 2. The molecule has 0 aliphatic carbocycles. The Kier molecular flexibility index (Phi) is 6.49. The summed E-state index contributed by atoms with van der Waals surface area (Å²) < 4.78 is 5.37. The third-order valence-electron chi connectivity index (χ3n) is 5.50. The first-order valence-electron chi connectivity index (χ1n) is 11.1. The minimum absolute atomic E-state index is 0.423. The summed E-state index contributed by atoms with van der Waals surface area (Å²) in [6, 6.07) is 12.6. The smallest absolute Gasteiger partial charge is 0.407 e. The number of hydrogen-bond acceptors (Lipinski definition) is 3. The van der Waals surface area contributed by atoms with E-state index in [4.69, 9.17) is 4.74 Å². The summed E-state index contributed by atoms with van der Waals surface area (Å²) in [4.78, 5) is 27.4. The lowest BCUT2D eigenvalue weighted by atomic mass is 9.85. The molecule has 0 aliphatic rings. The summed E-state index contributed by atoms with van der Waals surface area (Å²) >= 11 is 0. The summed E-state index contributed by atoms with van der Waals surface area (Å²) in [6.45, 7) is 14.0. The number of aromatic nitrogens is 1. The number of hydrogen-bond donors (Lipinski definition) is 2. The molecule has 2 aromatic carbocycles. The summed E-state index contributed by atoms with van der Waals surface area (Å²) in [6.07, 6.45) is 1.19. The van der Waals surface area contributed by atoms with Gasteiger partial charge in [0.1, 0.15) is 11.9 Å². The second-order valence-corrected chi connectivity index (χ2v) is 10.1. The standard InChI is InChI=1S/C27H34N2O3/c1-17-12-18(2)14-19(13-17)24-21(10-11-28-25(31)32-26(3,4)5)22-15-20(27(6,7)16-30)8-9-23(22)29-24/h8-9,12-16,29H,10-11H2,1-7H3,(H,28,31). The monoisotopic (exact) mass is 434 g/mol. The van der Waals surface area contributed by atoms with Gasteiger partial charge in [0.05, 0.1) is 0 Å². The zero-order valence-electron chi connectivity index (χ0n) is 20.2. The van der Waals surface area contributed by atoms with E-state index in [0.29, 0.717) is 13.0 Å². The Balaban J connectivity index is 2.03. The molecule has 0 fully saturated rings. The van der Waals surface area contributed by atoms with Crippen molar-refractivity contribution in [3.05, 3.63) is 58.7 Å². The van der Waals surface area contributed by atoms with E-state index in [1.165, 1.54) is 11.1 Å². The van der Waals surface area contributed by atoms with Crippen LogP contribution >= 0.6 is 0 Å². The van der Waals surface area contributed by atoms with Crippen molar-refractivity contribution in [1.82, 2.24) is 10.3 Å². The first kappa shape index (κ1) is 23.6. The quantitative estimate of drug-likeness (QED) is 0.468. The lowest BCUT2D eigenvalue weighted by Crippen LogP contribution is -2.33. The van der Waals surface area contributed by atoms with E-state index >= 15 is 0 Å². The van der Waals surface area contributed by atoms with Crippen molar-refractivity contribution in [3.8, 4) is 11.3 Å². The van der Waals surface area contributed by atoms with E-state index in [9.17, 15) is 9.59 Å². The van der Waals surface area contributed by atoms with Gasteiger partial charge >= 0.3 is 6.09 Å². The molecule has 0 unspecified atom stereocenters. The SMILES string of the molecule is Cc1cc(C)cc(-c2[nH]c3ccc(C(C)(C)C=O)cc3c2CCNC(=O)OC(C)(C)C)c1. The van der Waals surface area contributed by atoms with Crippen LogP contribution in [0, 0.1) is 13.8 Å². The van der Waals surface area contributed by atoms with Gasteiger partial charge in [0.15, 0.2) is 0 Å². The molecule has 2 N–H and O–H groups in total. The molecule has 3 rings (SSSR count). The van der Waals surface area contributed by atoms with Gasteiger partial charge in [-0.2, -0.15) is 0 Å². The predicted octanol–water partition coefficient (Wildman–Crippen LogP) is 6.00. The third kappa shape index (κ3) is 5.39. The lowest BCUT2D eigenvalue weighted by molar-refractivity contribution is -0.111. The normalized spacial score (nSPS) is 12.1. The minimum atomic E-state index is -0.572. The maximum Gasteiger partial charge on any atom is 0.407 e. The molecule has 32 heavy (non-hydrogen) atoms. The summed E-state index contributed by atoms with van der Waals surface area (Å²) in [5.74, 6) is 0. The molecule has 0 aliphatic heterocycles. The maximum atomic E-state index is 12.1. The molecule has 1 heterocycles. The molecule has 0 atom stereocenters. The van der Waals surface area contributed by atoms with Crippen LogP contribution in [0.4, 0.5) is 4.79 Å². The van der Waals surface area contributed by atoms with Crippen LogP contribution in [0.15, 0.2) is 36.4 Å². The molecule has 3 aromatic rings. The second-order valence-electron chi connectivity index (χ2n) is 10.1. The Labute approximate surface area is 190 Å². The number of amides is 1. The van der Waals surface area contributed by atoms with Gasteiger partial charge < -0.3 is 19.8 Å². The fourth-order valence-electron chi connectivity index (χ4n) is 3.95. The van der Waals surface area contributed by atoms with Crippen LogP contribution in [0.3, 0.4) is 0 Å². The van der Waals surface area contributed by atoms with Gasteiger partial charge in [-0.15, -0.1) is 0 Å². The summed E-state index contributed by atoms with van der Waals surface area (Å²) in [7, 11) is 0. The number of aryl methyl sites for hydroxylation is 2. The molecule has 5 nitrogen and oxygen atoms in total. The highest BCUT2D eigenvalue weighted by molar-refractivity contribution is 5.92. The first-order chi connectivity index (χ1) is 14.9. The minimum Gasteiger partial charge on any atom is -0.444 e. The van der Waals surface area contributed by atoms with E-state index in [2.05, 4.69) is 48.4 Å². The maximum absolute atomic E-state index is 12.1. The van der Waals surface area contributed by atoms with Crippen molar-refractivity contribution in [3.63, 3.8) is 0 Å². The fraction of sp³-hybridized carbons (Fsp3) is 0.407. The van der Waals surface area contributed by atoms with Crippen LogP contribution in [0.5, 0.6) is 0 Å². The largest absolute Gasteiger partial charge is 0.444 e. The molecule has 1 aromatic heterocycles. The van der Waals surface area contributed by atoms with Gasteiger partial charge in [0.2, 0.25) is 0 Å². The molecule has 1 amide bonds. The summed E-state index contributed by atoms with van der Waals surface area (Å²) in [5.41, 5.74) is 6.52. The Hall–Kier alpha value is -3.08. The number of alkyl carbamates (subject to hydrolysis) is 1. The summed E-state index contributed by atoms with van der Waals surface area (Å²) in [5, 5.41) is 3.94. The van der Waals surface area contributed by atoms with E-state index in [0.717, 1.165) is 39.6 Å². The van der Waals surface area contributed by atoms with Crippen LogP contribution < -0.4 is 5.32 Å². The van der Waals surface area contributed by atoms with Crippen LogP contribution in [0.1, 0.15) is 56.9 Å². The molecule has 0 radical (unpaired) electrons. The molecule has 5 heteroatoms. The van der Waals surface area contributed by atoms with E-state index in [1.54, 1.807) is 0 Å². The number of ether oxygens (including phenoxy) is 1. The number of aldehydes is 1. The topological polar surface area (TPSA) is 71.2 Å². The molecular weight excluding hydrogens is 400 g/mol. The van der Waals surface area contributed by atoms with E-state index < -0.39 is 17.1 Å². The highest BCUT2D eigenvalue weighted by atomic mass is 16.6. The van der Waals surface area contributed by atoms with Gasteiger partial charge in [-0.3, -0.25) is 0 Å². The van der Waals surface area contributed by atoms with Gasteiger partial charge in [0.25, 0.3) is 0 Å². The number of carbonyl (C=O) groups is 2. The molecule has 0 spiro atoms. The van der Waals surface area contributed by atoms with Crippen molar-refractivity contribution in [2.75, 3.05) is 6.54 Å². The number of H-pyrrole nitrogens is 1. The van der Waals surface area contributed by atoms with Crippen LogP contribution in [0.25, 0.3) is 22.2 Å². The highest BCUT2D eigenvalue weighted by Gasteiger charge is 2.22. The second kappa shape index (κ2) is 8.81. The zero-order valence-corrected chi connectivity index (χ0v) is 20.2. The highest BCUT2D eigenvalue weighted by Crippen LogP contribution is 2.34. The first-order valence-corrected chi connectivity index (χ1v) is 11.1. The van der Waals surface area contributed by atoms with Gasteiger partial charge in [0, 0.05) is 28.6 Å². The molecule has 0 bridgehead atoms. The molecule has 0 saturated carbocycles. The van der Waals surface area contributed by atoms with Crippen molar-refractivity contribution >= 4 is 23.3 Å². The fourth-order valence-corrected chi connectivity index (χ4v) is 3.95. The van der Waals surface area contributed by atoms with Gasteiger partial charge in [-0.25, -0.2) is 4.79 Å². The molecule has 170 valence electrons. The van der Waals surface area contributed by atoms with Gasteiger partial charge in [-0.1, -0.05) is 23.3 Å². The molecular formula is C27H34N2O3. The van der Waals surface area contributed by atoms with Crippen molar-refractivity contribution in [2.24, 2.45) is 0 Å². The Bertz CT molecular complexity index is 1130. The Morgan fingerprint density at radius 1 is 1.03 bits per heavy atom. The number of nitrogens with one attached hydrogen (secondary N) is 2. The lowest BCUT2D eigenvalue weighted by Gasteiger charge is -2.20. The number of aromatic amines is 1. The number of fused-ring (bicyclic) bond motifs is 1. The average Bonchev–Trinajstić information content (AvgIpc) is 3.04. The number of carbonyl (C=O) groups excluding carboxylic acids is 2. The van der Waals surface area contributed by atoms with Crippen molar-refractivity contribution < 1.29 is 14.3 Å². The Morgan fingerprint density at radius 2 is 1.69 bits per heavy atom. The van der Waals surface area contributed by atoms with Crippen molar-refractivity contribution in [1.29, 1.82) is 0 Å². The number of rotatable bonds is 6. The average molecular weight is 435 g/mol. The van der Waals surface area contributed by atoms with Crippen LogP contribution in [-0.4, -0.2) is 29.5 Å². The van der Waals surface area contributed by atoms with E-state index in [-0.39, 0.29) is 0 Å². The van der Waals surface area contributed by atoms with E-state index in [1.807, 2.05) is 46.8 Å². The van der Waals surface area contributed by atoms with Crippen molar-refractivity contribution in [2.45, 2.75) is 65.9 Å². The van der Waals surface area contributed by atoms with Crippen LogP contribution in [0.2, 0.25) is 0 Å². The molecule has 0 saturated heterocycles. The predicted molar refractivity (Wildman–Crippen MR) is 130 cm³/mol.